The maximum Gasteiger partial charge on any atom is 0.119 e. The van der Waals surface area contributed by atoms with Gasteiger partial charge < -0.3 is 15.2 Å². The molecule has 0 aliphatic heterocycles. The highest BCUT2D eigenvalue weighted by molar-refractivity contribution is 5.20. The number of para-hydroxylation sites is 1. The molecule has 0 spiro atoms. The van der Waals surface area contributed by atoms with E-state index in [-0.39, 0.29) is 0 Å². The molecule has 0 aliphatic carbocycles. The van der Waals surface area contributed by atoms with Crippen molar-refractivity contribution in [1.82, 2.24) is 5.32 Å². The quantitative estimate of drug-likeness (QED) is 0.561. The Morgan fingerprint density at radius 2 is 2.06 bits per heavy atom. The topological polar surface area (TPSA) is 41.5 Å². The van der Waals surface area contributed by atoms with Crippen molar-refractivity contribution < 1.29 is 9.84 Å². The zero-order chi connectivity index (χ0) is 12.5. The van der Waals surface area contributed by atoms with Crippen molar-refractivity contribution in [2.75, 3.05) is 19.7 Å². The van der Waals surface area contributed by atoms with Gasteiger partial charge in [-0.3, -0.25) is 0 Å². The third kappa shape index (κ3) is 6.76. The second kappa shape index (κ2) is 7.87. The van der Waals surface area contributed by atoms with Crippen molar-refractivity contribution in [3.63, 3.8) is 0 Å². The van der Waals surface area contributed by atoms with Crippen molar-refractivity contribution in [1.29, 1.82) is 0 Å². The lowest BCUT2D eigenvalue weighted by molar-refractivity contribution is 0.107. The second-order valence-electron chi connectivity index (χ2n) is 4.22. The summed E-state index contributed by atoms with van der Waals surface area (Å²) < 4.78 is 5.44. The van der Waals surface area contributed by atoms with Crippen LogP contribution >= 0.6 is 0 Å². The molecule has 1 rings (SSSR count). The Labute approximate surface area is 103 Å². The first-order valence-electron chi connectivity index (χ1n) is 5.88. The Hall–Kier alpha value is -1.32. The molecule has 17 heavy (non-hydrogen) atoms. The molecule has 0 amide bonds. The van der Waals surface area contributed by atoms with Crippen LogP contribution in [0.1, 0.15) is 13.8 Å². The van der Waals surface area contributed by atoms with Gasteiger partial charge in [0.15, 0.2) is 0 Å². The summed E-state index contributed by atoms with van der Waals surface area (Å²) in [6.45, 7) is 5.74. The summed E-state index contributed by atoms with van der Waals surface area (Å²) in [6.07, 6.45) is 1.60. The third-order valence-corrected chi connectivity index (χ3v) is 2.22. The normalized spacial score (nSPS) is 11.9. The fourth-order valence-electron chi connectivity index (χ4n) is 1.29. The summed E-state index contributed by atoms with van der Waals surface area (Å²) in [7, 11) is 0. The molecule has 0 radical (unpaired) electrons. The summed E-state index contributed by atoms with van der Waals surface area (Å²) in [5.74, 6) is 0.788. The first-order valence-corrected chi connectivity index (χ1v) is 5.88. The molecule has 94 valence electrons. The lowest BCUT2D eigenvalue weighted by atomic mass is 10.3. The fraction of sp³-hybridized carbons (Fsp3) is 0.429. The number of hydrogen-bond donors (Lipinski definition) is 2. The van der Waals surface area contributed by atoms with Crippen LogP contribution < -0.4 is 10.1 Å². The predicted molar refractivity (Wildman–Crippen MR) is 70.2 cm³/mol. The van der Waals surface area contributed by atoms with Gasteiger partial charge in [-0.25, -0.2) is 0 Å². The van der Waals surface area contributed by atoms with Gasteiger partial charge in [-0.2, -0.15) is 0 Å². The van der Waals surface area contributed by atoms with E-state index in [9.17, 15) is 5.11 Å². The van der Waals surface area contributed by atoms with Crippen molar-refractivity contribution in [3.05, 3.63) is 42.0 Å². The van der Waals surface area contributed by atoms with Crippen LogP contribution in [0.3, 0.4) is 0 Å². The lowest BCUT2D eigenvalue weighted by Crippen LogP contribution is -2.31. The monoisotopic (exact) mass is 235 g/mol. The number of nitrogens with one attached hydrogen (secondary N) is 1. The van der Waals surface area contributed by atoms with Crippen molar-refractivity contribution >= 4 is 0 Å². The number of allylic oxidation sites excluding steroid dienone is 1. The SMILES string of the molecule is CC(C)=CCNCC(O)COc1ccccc1. The minimum Gasteiger partial charge on any atom is -0.491 e. The summed E-state index contributed by atoms with van der Waals surface area (Å²) in [6, 6.07) is 9.51. The number of hydrogen-bond acceptors (Lipinski definition) is 3. The second-order valence-corrected chi connectivity index (χ2v) is 4.22. The van der Waals surface area contributed by atoms with E-state index in [1.165, 1.54) is 5.57 Å². The molecule has 1 atom stereocenters. The molecule has 3 nitrogen and oxygen atoms in total. The van der Waals surface area contributed by atoms with Gasteiger partial charge in [-0.15, -0.1) is 0 Å². The Bertz CT molecular complexity index is 331. The van der Waals surface area contributed by atoms with E-state index in [2.05, 4.69) is 25.2 Å². The van der Waals surface area contributed by atoms with Crippen LogP contribution in [0.15, 0.2) is 42.0 Å². The number of aliphatic hydroxyl groups excluding tert-OH is 1. The van der Waals surface area contributed by atoms with Crippen LogP contribution in [0.4, 0.5) is 0 Å². The van der Waals surface area contributed by atoms with Gasteiger partial charge in [0.05, 0.1) is 0 Å². The Morgan fingerprint density at radius 3 is 2.71 bits per heavy atom. The summed E-state index contributed by atoms with van der Waals surface area (Å²) in [5, 5.41) is 12.8. The van der Waals surface area contributed by atoms with E-state index >= 15 is 0 Å². The summed E-state index contributed by atoms with van der Waals surface area (Å²) >= 11 is 0. The van der Waals surface area contributed by atoms with Crippen LogP contribution in [0.2, 0.25) is 0 Å². The third-order valence-electron chi connectivity index (χ3n) is 2.22. The molecule has 0 fully saturated rings. The van der Waals surface area contributed by atoms with E-state index in [1.807, 2.05) is 30.3 Å². The van der Waals surface area contributed by atoms with Crippen LogP contribution in [-0.4, -0.2) is 30.9 Å². The minimum absolute atomic E-state index is 0.311. The Kier molecular flexibility index (Phi) is 6.37. The summed E-state index contributed by atoms with van der Waals surface area (Å²) in [4.78, 5) is 0. The molecule has 0 aliphatic rings. The predicted octanol–water partition coefficient (Wildman–Crippen LogP) is 1.98. The molecule has 1 unspecified atom stereocenters. The summed E-state index contributed by atoms with van der Waals surface area (Å²) in [5.41, 5.74) is 1.27. The highest BCUT2D eigenvalue weighted by Gasteiger charge is 2.03. The van der Waals surface area contributed by atoms with Crippen molar-refractivity contribution in [3.8, 4) is 5.75 Å². The van der Waals surface area contributed by atoms with E-state index in [4.69, 9.17) is 4.74 Å². The van der Waals surface area contributed by atoms with E-state index < -0.39 is 6.10 Å². The minimum atomic E-state index is -0.485. The van der Waals surface area contributed by atoms with Crippen LogP contribution in [-0.2, 0) is 0 Å². The maximum atomic E-state index is 9.67. The molecule has 0 heterocycles. The van der Waals surface area contributed by atoms with E-state index in [1.54, 1.807) is 0 Å². The smallest absolute Gasteiger partial charge is 0.119 e. The maximum absolute atomic E-state index is 9.67. The van der Waals surface area contributed by atoms with Gasteiger partial charge in [0.2, 0.25) is 0 Å². The number of rotatable bonds is 7. The van der Waals surface area contributed by atoms with E-state index in [0.717, 1.165) is 12.3 Å². The zero-order valence-electron chi connectivity index (χ0n) is 10.5. The molecular formula is C14H21NO2. The highest BCUT2D eigenvalue weighted by atomic mass is 16.5. The number of benzene rings is 1. The van der Waals surface area contributed by atoms with Crippen LogP contribution in [0.5, 0.6) is 5.75 Å². The number of ether oxygens (including phenoxy) is 1. The molecule has 0 bridgehead atoms. The molecular weight excluding hydrogens is 214 g/mol. The van der Waals surface area contributed by atoms with Crippen LogP contribution in [0.25, 0.3) is 0 Å². The van der Waals surface area contributed by atoms with Gasteiger partial charge in [0.1, 0.15) is 18.5 Å². The van der Waals surface area contributed by atoms with Gasteiger partial charge in [-0.1, -0.05) is 29.8 Å². The highest BCUT2D eigenvalue weighted by Crippen LogP contribution is 2.08. The molecule has 3 heteroatoms. The number of aliphatic hydroxyl groups is 1. The first kappa shape index (κ1) is 13.7. The van der Waals surface area contributed by atoms with Crippen LogP contribution in [0, 0.1) is 0 Å². The Balaban J connectivity index is 2.13. The Morgan fingerprint density at radius 1 is 1.35 bits per heavy atom. The molecule has 0 saturated carbocycles. The lowest BCUT2D eigenvalue weighted by Gasteiger charge is -2.12. The zero-order valence-corrected chi connectivity index (χ0v) is 10.5. The molecule has 1 aromatic carbocycles. The molecule has 1 aromatic rings. The fourth-order valence-corrected chi connectivity index (χ4v) is 1.29. The molecule has 0 saturated heterocycles. The first-order chi connectivity index (χ1) is 8.18. The average Bonchev–Trinajstić information content (AvgIpc) is 2.33. The largest absolute Gasteiger partial charge is 0.491 e. The average molecular weight is 235 g/mol. The van der Waals surface area contributed by atoms with Crippen molar-refractivity contribution in [2.45, 2.75) is 20.0 Å². The molecule has 0 aromatic heterocycles. The van der Waals surface area contributed by atoms with Gasteiger partial charge in [0.25, 0.3) is 0 Å². The van der Waals surface area contributed by atoms with Crippen molar-refractivity contribution in [2.24, 2.45) is 0 Å². The standard InChI is InChI=1S/C14H21NO2/c1-12(2)8-9-15-10-13(16)11-17-14-6-4-3-5-7-14/h3-8,13,15-16H,9-11H2,1-2H3. The molecule has 2 N–H and O–H groups in total. The van der Waals surface area contributed by atoms with Gasteiger partial charge in [-0.05, 0) is 26.0 Å². The van der Waals surface area contributed by atoms with Gasteiger partial charge in [0, 0.05) is 13.1 Å². The van der Waals surface area contributed by atoms with Gasteiger partial charge >= 0.3 is 0 Å². The van der Waals surface area contributed by atoms with E-state index in [0.29, 0.717) is 13.2 Å².